The monoisotopic (exact) mass is 367 g/mol. The van der Waals surface area contributed by atoms with Crippen LogP contribution in [0.4, 0.5) is 0 Å². The lowest BCUT2D eigenvalue weighted by atomic mass is 10.1. The van der Waals surface area contributed by atoms with E-state index in [0.717, 1.165) is 11.1 Å². The number of hydrogen-bond acceptors (Lipinski definition) is 4. The molecule has 3 aromatic rings. The van der Waals surface area contributed by atoms with E-state index in [2.05, 4.69) is 5.32 Å². The highest BCUT2D eigenvalue weighted by Gasteiger charge is 2.16. The van der Waals surface area contributed by atoms with Crippen LogP contribution < -0.4 is 5.32 Å². The summed E-state index contributed by atoms with van der Waals surface area (Å²) in [5.41, 5.74) is 1.82. The van der Waals surface area contributed by atoms with Crippen molar-refractivity contribution in [3.05, 3.63) is 96.1 Å². The lowest BCUT2D eigenvalue weighted by Gasteiger charge is -2.12. The maximum absolute atomic E-state index is 12.6. The quantitative estimate of drug-likeness (QED) is 0.672. The number of benzene rings is 3. The third-order valence-corrected chi connectivity index (χ3v) is 5.92. The van der Waals surface area contributed by atoms with Gasteiger partial charge in [0.1, 0.15) is 0 Å². The third-order valence-electron chi connectivity index (χ3n) is 4.14. The number of sulfone groups is 1. The summed E-state index contributed by atoms with van der Waals surface area (Å²) in [5, 5.41) is 13.3. The summed E-state index contributed by atoms with van der Waals surface area (Å²) in [6, 6.07) is 24.7. The smallest absolute Gasteiger partial charge is 0.206 e. The van der Waals surface area contributed by atoms with Crippen molar-refractivity contribution in [2.45, 2.75) is 22.4 Å². The summed E-state index contributed by atoms with van der Waals surface area (Å²) in [5.74, 6) is 0. The van der Waals surface area contributed by atoms with Crippen molar-refractivity contribution >= 4 is 9.84 Å². The van der Waals surface area contributed by atoms with E-state index in [4.69, 9.17) is 0 Å². The zero-order chi connectivity index (χ0) is 18.4. The van der Waals surface area contributed by atoms with Crippen LogP contribution in [-0.2, 0) is 16.4 Å². The third kappa shape index (κ3) is 4.38. The minimum Gasteiger partial charge on any atom is -0.387 e. The average Bonchev–Trinajstić information content (AvgIpc) is 2.69. The Morgan fingerprint density at radius 1 is 0.769 bits per heavy atom. The van der Waals surface area contributed by atoms with Crippen molar-refractivity contribution in [3.63, 3.8) is 0 Å². The number of hydrogen-bond donors (Lipinski definition) is 2. The predicted octanol–water partition coefficient (Wildman–Crippen LogP) is 3.34. The summed E-state index contributed by atoms with van der Waals surface area (Å²) in [6.07, 6.45) is -0.575. The first-order chi connectivity index (χ1) is 12.6. The van der Waals surface area contributed by atoms with Crippen molar-refractivity contribution in [2.24, 2.45) is 0 Å². The zero-order valence-corrected chi connectivity index (χ0v) is 15.1. The molecule has 1 atom stereocenters. The van der Waals surface area contributed by atoms with E-state index in [1.807, 2.05) is 30.3 Å². The van der Waals surface area contributed by atoms with Crippen molar-refractivity contribution in [1.29, 1.82) is 0 Å². The molecule has 0 saturated heterocycles. The number of rotatable bonds is 7. The molecule has 0 spiro atoms. The summed E-state index contributed by atoms with van der Waals surface area (Å²) in [4.78, 5) is 0.564. The second-order valence-electron chi connectivity index (χ2n) is 6.02. The molecule has 3 aromatic carbocycles. The van der Waals surface area contributed by atoms with Gasteiger partial charge in [0.05, 0.1) is 15.9 Å². The first kappa shape index (κ1) is 18.3. The average molecular weight is 367 g/mol. The molecule has 1 unspecified atom stereocenters. The van der Waals surface area contributed by atoms with Crippen LogP contribution in [0.1, 0.15) is 17.2 Å². The molecule has 0 aliphatic carbocycles. The Bertz CT molecular complexity index is 924. The molecule has 3 rings (SSSR count). The fourth-order valence-corrected chi connectivity index (χ4v) is 3.95. The zero-order valence-electron chi connectivity index (χ0n) is 14.2. The van der Waals surface area contributed by atoms with Gasteiger partial charge >= 0.3 is 0 Å². The Hall–Kier alpha value is -2.47. The molecule has 0 amide bonds. The molecule has 2 N–H and O–H groups in total. The van der Waals surface area contributed by atoms with E-state index in [1.165, 1.54) is 0 Å². The molecule has 0 heterocycles. The van der Waals surface area contributed by atoms with Crippen LogP contribution in [0.15, 0.2) is 94.7 Å². The van der Waals surface area contributed by atoms with E-state index in [-0.39, 0.29) is 9.79 Å². The molecule has 134 valence electrons. The molecule has 0 fully saturated rings. The Morgan fingerprint density at radius 2 is 1.31 bits per heavy atom. The Balaban J connectivity index is 1.60. The van der Waals surface area contributed by atoms with Crippen molar-refractivity contribution < 1.29 is 13.5 Å². The van der Waals surface area contributed by atoms with Crippen LogP contribution in [-0.4, -0.2) is 20.1 Å². The molecule has 0 aliphatic heterocycles. The molecule has 4 nitrogen and oxygen atoms in total. The van der Waals surface area contributed by atoms with Gasteiger partial charge in [-0.25, -0.2) is 8.42 Å². The van der Waals surface area contributed by atoms with Crippen LogP contribution in [0.3, 0.4) is 0 Å². The SMILES string of the molecule is O=S(=O)(c1ccccc1)c1ccc(CNCC(O)c2ccccc2)cc1. The predicted molar refractivity (Wildman–Crippen MR) is 101 cm³/mol. The van der Waals surface area contributed by atoms with Crippen LogP contribution in [0.25, 0.3) is 0 Å². The highest BCUT2D eigenvalue weighted by Crippen LogP contribution is 2.20. The maximum atomic E-state index is 12.6. The fourth-order valence-electron chi connectivity index (χ4n) is 2.67. The summed E-state index contributed by atoms with van der Waals surface area (Å²) in [7, 11) is -3.49. The van der Waals surface area contributed by atoms with Crippen molar-refractivity contribution in [1.82, 2.24) is 5.32 Å². The van der Waals surface area contributed by atoms with Gasteiger partial charge in [-0.3, -0.25) is 0 Å². The van der Waals surface area contributed by atoms with Gasteiger partial charge in [-0.1, -0.05) is 60.7 Å². The van der Waals surface area contributed by atoms with E-state index < -0.39 is 15.9 Å². The van der Waals surface area contributed by atoms with Gasteiger partial charge in [-0.2, -0.15) is 0 Å². The molecule has 5 heteroatoms. The van der Waals surface area contributed by atoms with Gasteiger partial charge in [0, 0.05) is 13.1 Å². The van der Waals surface area contributed by atoms with Gasteiger partial charge in [-0.05, 0) is 35.4 Å². The number of nitrogens with one attached hydrogen (secondary N) is 1. The minimum absolute atomic E-state index is 0.275. The van der Waals surface area contributed by atoms with Gasteiger partial charge in [0.25, 0.3) is 0 Å². The Morgan fingerprint density at radius 3 is 1.92 bits per heavy atom. The topological polar surface area (TPSA) is 66.4 Å². The Labute approximate surface area is 154 Å². The maximum Gasteiger partial charge on any atom is 0.206 e. The molecule has 0 saturated carbocycles. The summed E-state index contributed by atoms with van der Waals surface area (Å²) < 4.78 is 25.1. The second-order valence-corrected chi connectivity index (χ2v) is 7.97. The molecular formula is C21H21NO3S. The highest BCUT2D eigenvalue weighted by molar-refractivity contribution is 7.91. The molecule has 26 heavy (non-hydrogen) atoms. The van der Waals surface area contributed by atoms with Gasteiger partial charge in [0.15, 0.2) is 0 Å². The second kappa shape index (κ2) is 8.27. The van der Waals surface area contributed by atoms with E-state index in [0.29, 0.717) is 13.1 Å². The number of aliphatic hydroxyl groups excluding tert-OH is 1. The molecule has 0 aliphatic rings. The van der Waals surface area contributed by atoms with Crippen LogP contribution in [0, 0.1) is 0 Å². The standard InChI is InChI=1S/C21H21NO3S/c23-21(18-7-3-1-4-8-18)16-22-15-17-11-13-20(14-12-17)26(24,25)19-9-5-2-6-10-19/h1-14,21-23H,15-16H2. The van der Waals surface area contributed by atoms with Gasteiger partial charge in [-0.15, -0.1) is 0 Å². The molecule has 0 radical (unpaired) electrons. The normalized spacial score (nSPS) is 12.7. The Kier molecular flexibility index (Phi) is 5.83. The van der Waals surface area contributed by atoms with Crippen LogP contribution >= 0.6 is 0 Å². The largest absolute Gasteiger partial charge is 0.387 e. The summed E-state index contributed by atoms with van der Waals surface area (Å²) >= 11 is 0. The lowest BCUT2D eigenvalue weighted by molar-refractivity contribution is 0.174. The highest BCUT2D eigenvalue weighted by atomic mass is 32.2. The van der Waals surface area contributed by atoms with Crippen LogP contribution in [0.5, 0.6) is 0 Å². The van der Waals surface area contributed by atoms with E-state index in [9.17, 15) is 13.5 Å². The van der Waals surface area contributed by atoms with Crippen LogP contribution in [0.2, 0.25) is 0 Å². The molecular weight excluding hydrogens is 346 g/mol. The molecule has 0 bridgehead atoms. The first-order valence-corrected chi connectivity index (χ1v) is 9.88. The summed E-state index contributed by atoms with van der Waals surface area (Å²) in [6.45, 7) is 0.976. The van der Waals surface area contributed by atoms with Crippen molar-refractivity contribution in [3.8, 4) is 0 Å². The van der Waals surface area contributed by atoms with Crippen molar-refractivity contribution in [2.75, 3.05) is 6.54 Å². The number of aliphatic hydroxyl groups is 1. The van der Waals surface area contributed by atoms with E-state index in [1.54, 1.807) is 54.6 Å². The molecule has 0 aromatic heterocycles. The van der Waals surface area contributed by atoms with Gasteiger partial charge in [0.2, 0.25) is 9.84 Å². The lowest BCUT2D eigenvalue weighted by Crippen LogP contribution is -2.21. The first-order valence-electron chi connectivity index (χ1n) is 8.40. The van der Waals surface area contributed by atoms with Gasteiger partial charge < -0.3 is 10.4 Å². The minimum atomic E-state index is -3.49. The fraction of sp³-hybridized carbons (Fsp3) is 0.143. The van der Waals surface area contributed by atoms with E-state index >= 15 is 0 Å².